The molecule has 3 nitrogen and oxygen atoms in total. The van der Waals surface area contributed by atoms with E-state index in [9.17, 15) is 4.39 Å². The molecule has 1 heterocycles. The van der Waals surface area contributed by atoms with Crippen LogP contribution in [0.4, 0.5) is 4.39 Å². The summed E-state index contributed by atoms with van der Waals surface area (Å²) in [6, 6.07) is 12.4. The Bertz CT molecular complexity index is 861. The molecule has 0 unspecified atom stereocenters. The topological polar surface area (TPSA) is 38.9 Å². The molecular formula is C17H11Br2FN2O. The van der Waals surface area contributed by atoms with Gasteiger partial charge in [-0.3, -0.25) is 0 Å². The molecule has 0 spiro atoms. The van der Waals surface area contributed by atoms with Gasteiger partial charge in [0.2, 0.25) is 11.8 Å². The molecule has 2 aromatic carbocycles. The summed E-state index contributed by atoms with van der Waals surface area (Å²) in [6.07, 6.45) is 4.07. The number of benzene rings is 2. The van der Waals surface area contributed by atoms with E-state index in [1.165, 1.54) is 12.1 Å². The van der Waals surface area contributed by atoms with Crippen LogP contribution < -0.4 is 0 Å². The van der Waals surface area contributed by atoms with Crippen LogP contribution in [0.3, 0.4) is 0 Å². The zero-order valence-electron chi connectivity index (χ0n) is 11.8. The molecule has 0 saturated heterocycles. The van der Waals surface area contributed by atoms with E-state index >= 15 is 0 Å². The van der Waals surface area contributed by atoms with Crippen molar-refractivity contribution in [3.05, 3.63) is 80.1 Å². The van der Waals surface area contributed by atoms with Crippen molar-refractivity contribution in [1.82, 2.24) is 10.2 Å². The first-order chi connectivity index (χ1) is 11.1. The van der Waals surface area contributed by atoms with E-state index in [4.69, 9.17) is 4.42 Å². The third kappa shape index (κ3) is 4.36. The molecule has 6 heteroatoms. The first kappa shape index (κ1) is 16.1. The van der Waals surface area contributed by atoms with Crippen LogP contribution in [0, 0.1) is 5.82 Å². The number of rotatable bonds is 4. The van der Waals surface area contributed by atoms with Crippen molar-refractivity contribution in [2.45, 2.75) is 6.42 Å². The quantitative estimate of drug-likeness (QED) is 0.541. The Morgan fingerprint density at radius 1 is 1.04 bits per heavy atom. The third-order valence-electron chi connectivity index (χ3n) is 3.09. The van der Waals surface area contributed by atoms with Gasteiger partial charge in [-0.05, 0) is 41.5 Å². The van der Waals surface area contributed by atoms with Crippen molar-refractivity contribution in [2.24, 2.45) is 0 Å². The minimum absolute atomic E-state index is 0.289. The highest BCUT2D eigenvalue weighted by Gasteiger charge is 2.06. The van der Waals surface area contributed by atoms with Gasteiger partial charge in [0.05, 0.1) is 6.42 Å². The molecule has 0 aliphatic carbocycles. The molecule has 3 rings (SSSR count). The fraction of sp³-hybridized carbons (Fsp3) is 0.0588. The van der Waals surface area contributed by atoms with Gasteiger partial charge in [-0.15, -0.1) is 10.2 Å². The maximum atomic E-state index is 13.1. The second kappa shape index (κ2) is 7.19. The van der Waals surface area contributed by atoms with E-state index in [-0.39, 0.29) is 5.82 Å². The van der Waals surface area contributed by atoms with Crippen LogP contribution in [0.15, 0.2) is 55.8 Å². The highest BCUT2D eigenvalue weighted by Crippen LogP contribution is 2.20. The Labute approximate surface area is 149 Å². The second-order valence-electron chi connectivity index (χ2n) is 4.84. The minimum Gasteiger partial charge on any atom is -0.421 e. The van der Waals surface area contributed by atoms with Crippen LogP contribution in [0.1, 0.15) is 22.9 Å². The fourth-order valence-corrected chi connectivity index (χ4v) is 2.95. The molecule has 0 amide bonds. The SMILES string of the molecule is Fc1ccc(C=Cc2nnc(Cc3cccc(Br)c3)o2)c(Br)c1. The van der Waals surface area contributed by atoms with Crippen LogP contribution >= 0.6 is 31.9 Å². The monoisotopic (exact) mass is 436 g/mol. The lowest BCUT2D eigenvalue weighted by atomic mass is 10.1. The molecule has 23 heavy (non-hydrogen) atoms. The van der Waals surface area contributed by atoms with Crippen molar-refractivity contribution in [1.29, 1.82) is 0 Å². The number of hydrogen-bond donors (Lipinski definition) is 0. The first-order valence-corrected chi connectivity index (χ1v) is 8.39. The molecule has 0 N–H and O–H groups in total. The largest absolute Gasteiger partial charge is 0.421 e. The predicted octanol–water partition coefficient (Wildman–Crippen LogP) is 5.49. The summed E-state index contributed by atoms with van der Waals surface area (Å²) < 4.78 is 20.3. The molecule has 0 fully saturated rings. The van der Waals surface area contributed by atoms with Crippen LogP contribution in [-0.4, -0.2) is 10.2 Å². The van der Waals surface area contributed by atoms with E-state index in [0.717, 1.165) is 15.6 Å². The zero-order chi connectivity index (χ0) is 16.2. The summed E-state index contributed by atoms with van der Waals surface area (Å²) >= 11 is 6.75. The predicted molar refractivity (Wildman–Crippen MR) is 94.3 cm³/mol. The Hall–Kier alpha value is -1.79. The minimum atomic E-state index is -0.289. The van der Waals surface area contributed by atoms with Gasteiger partial charge in [0.25, 0.3) is 0 Å². The number of nitrogens with zero attached hydrogens (tertiary/aromatic N) is 2. The van der Waals surface area contributed by atoms with Gasteiger partial charge in [0.15, 0.2) is 0 Å². The van der Waals surface area contributed by atoms with Crippen molar-refractivity contribution in [2.75, 3.05) is 0 Å². The Balaban J connectivity index is 1.73. The first-order valence-electron chi connectivity index (χ1n) is 6.80. The Morgan fingerprint density at radius 3 is 2.70 bits per heavy atom. The van der Waals surface area contributed by atoms with Crippen molar-refractivity contribution >= 4 is 44.0 Å². The van der Waals surface area contributed by atoms with Gasteiger partial charge in [0, 0.05) is 15.0 Å². The average molecular weight is 438 g/mol. The summed E-state index contributed by atoms with van der Waals surface area (Å²) in [5, 5.41) is 8.03. The van der Waals surface area contributed by atoms with Crippen LogP contribution in [-0.2, 0) is 6.42 Å². The Morgan fingerprint density at radius 2 is 1.91 bits per heavy atom. The highest BCUT2D eigenvalue weighted by atomic mass is 79.9. The summed E-state index contributed by atoms with van der Waals surface area (Å²) in [7, 11) is 0. The van der Waals surface area contributed by atoms with Crippen molar-refractivity contribution in [3.8, 4) is 0 Å². The zero-order valence-corrected chi connectivity index (χ0v) is 15.0. The van der Waals surface area contributed by atoms with Crippen LogP contribution in [0.25, 0.3) is 12.2 Å². The molecule has 1 aromatic heterocycles. The number of aromatic nitrogens is 2. The van der Waals surface area contributed by atoms with Gasteiger partial charge in [0.1, 0.15) is 5.82 Å². The summed E-state index contributed by atoms with van der Waals surface area (Å²) in [6.45, 7) is 0. The summed E-state index contributed by atoms with van der Waals surface area (Å²) in [5.41, 5.74) is 1.91. The summed E-state index contributed by atoms with van der Waals surface area (Å²) in [5.74, 6) is 0.662. The van der Waals surface area contributed by atoms with Gasteiger partial charge in [-0.2, -0.15) is 0 Å². The number of hydrogen-bond acceptors (Lipinski definition) is 3. The normalized spacial score (nSPS) is 11.3. The molecule has 3 aromatic rings. The Kier molecular flexibility index (Phi) is 5.03. The summed E-state index contributed by atoms with van der Waals surface area (Å²) in [4.78, 5) is 0. The molecule has 0 atom stereocenters. The van der Waals surface area contributed by atoms with Gasteiger partial charge < -0.3 is 4.42 Å². The van der Waals surface area contributed by atoms with E-state index in [2.05, 4.69) is 42.1 Å². The lowest BCUT2D eigenvalue weighted by molar-refractivity contribution is 0.496. The van der Waals surface area contributed by atoms with Crippen molar-refractivity contribution < 1.29 is 8.81 Å². The smallest absolute Gasteiger partial charge is 0.240 e. The highest BCUT2D eigenvalue weighted by molar-refractivity contribution is 9.10. The molecule has 0 aliphatic rings. The van der Waals surface area contributed by atoms with E-state index in [1.807, 2.05) is 24.3 Å². The maximum absolute atomic E-state index is 13.1. The molecule has 0 radical (unpaired) electrons. The average Bonchev–Trinajstić information content (AvgIpc) is 2.94. The lowest BCUT2D eigenvalue weighted by Crippen LogP contribution is -1.87. The maximum Gasteiger partial charge on any atom is 0.240 e. The lowest BCUT2D eigenvalue weighted by Gasteiger charge is -1.97. The number of halogens is 3. The van der Waals surface area contributed by atoms with E-state index in [0.29, 0.717) is 22.7 Å². The van der Waals surface area contributed by atoms with Crippen LogP contribution in [0.5, 0.6) is 0 Å². The molecule has 0 saturated carbocycles. The molecule has 0 aliphatic heterocycles. The third-order valence-corrected chi connectivity index (χ3v) is 4.27. The van der Waals surface area contributed by atoms with E-state index < -0.39 is 0 Å². The molecular weight excluding hydrogens is 427 g/mol. The van der Waals surface area contributed by atoms with Crippen LogP contribution in [0.2, 0.25) is 0 Å². The van der Waals surface area contributed by atoms with Gasteiger partial charge in [-0.1, -0.05) is 50.1 Å². The molecule has 0 bridgehead atoms. The second-order valence-corrected chi connectivity index (χ2v) is 6.61. The standard InChI is InChI=1S/C17H11Br2FN2O/c18-13-3-1-2-11(8-13)9-17-22-21-16(23-17)7-5-12-4-6-14(20)10-15(12)19/h1-8,10H,9H2. The van der Waals surface area contributed by atoms with E-state index in [1.54, 1.807) is 18.2 Å². The molecule has 116 valence electrons. The van der Waals surface area contributed by atoms with Gasteiger partial charge in [-0.25, -0.2) is 4.39 Å². The van der Waals surface area contributed by atoms with Gasteiger partial charge >= 0.3 is 0 Å². The fourth-order valence-electron chi connectivity index (χ4n) is 2.02. The van der Waals surface area contributed by atoms with Crippen molar-refractivity contribution in [3.63, 3.8) is 0 Å².